The molecule has 0 radical (unpaired) electrons. The van der Waals surface area contributed by atoms with Crippen molar-refractivity contribution in [3.05, 3.63) is 83.4 Å². The van der Waals surface area contributed by atoms with Gasteiger partial charge in [-0.25, -0.2) is 8.42 Å². The Kier molecular flexibility index (Phi) is 5.69. The summed E-state index contributed by atoms with van der Waals surface area (Å²) < 4.78 is 33.1. The highest BCUT2D eigenvalue weighted by molar-refractivity contribution is 7.92. The summed E-state index contributed by atoms with van der Waals surface area (Å²) >= 11 is 0. The zero-order chi connectivity index (χ0) is 22.0. The molecule has 3 aromatic rings. The van der Waals surface area contributed by atoms with Gasteiger partial charge in [0.25, 0.3) is 15.9 Å². The number of sulfonamides is 1. The van der Waals surface area contributed by atoms with E-state index in [0.717, 1.165) is 17.5 Å². The first-order chi connectivity index (χ1) is 14.9. The molecule has 1 N–H and O–H groups in total. The topological polar surface area (TPSA) is 75.7 Å². The first kappa shape index (κ1) is 20.9. The molecule has 160 valence electrons. The average Bonchev–Trinajstić information content (AvgIpc) is 2.78. The number of carbonyl (C=O) groups excluding carboxylic acids is 1. The summed E-state index contributed by atoms with van der Waals surface area (Å²) in [5, 5.41) is 2.91. The molecular formula is C24H24N2O4S. The molecule has 0 unspecified atom stereocenters. The molecule has 0 aliphatic carbocycles. The highest BCUT2D eigenvalue weighted by atomic mass is 32.2. The first-order valence-electron chi connectivity index (χ1n) is 10.1. The van der Waals surface area contributed by atoms with Crippen LogP contribution in [0, 0.1) is 6.92 Å². The van der Waals surface area contributed by atoms with Gasteiger partial charge in [0.15, 0.2) is 0 Å². The maximum atomic E-state index is 13.2. The zero-order valence-corrected chi connectivity index (χ0v) is 18.3. The number of methoxy groups -OCH3 is 1. The first-order valence-corrected chi connectivity index (χ1v) is 11.5. The Balaban J connectivity index is 1.60. The molecule has 0 spiro atoms. The van der Waals surface area contributed by atoms with Crippen LogP contribution in [0.3, 0.4) is 0 Å². The zero-order valence-electron chi connectivity index (χ0n) is 17.5. The summed E-state index contributed by atoms with van der Waals surface area (Å²) in [6, 6.07) is 19.1. The molecular weight excluding hydrogens is 412 g/mol. The smallest absolute Gasteiger partial charge is 0.264 e. The van der Waals surface area contributed by atoms with E-state index >= 15 is 0 Å². The number of anilines is 2. The van der Waals surface area contributed by atoms with Crippen molar-refractivity contribution in [2.24, 2.45) is 0 Å². The third-order valence-electron chi connectivity index (χ3n) is 5.34. The fourth-order valence-electron chi connectivity index (χ4n) is 3.75. The summed E-state index contributed by atoms with van der Waals surface area (Å²) in [5.74, 6) is 0.411. The van der Waals surface area contributed by atoms with Gasteiger partial charge < -0.3 is 10.1 Å². The van der Waals surface area contributed by atoms with Crippen molar-refractivity contribution in [2.75, 3.05) is 23.3 Å². The molecule has 0 aromatic heterocycles. The van der Waals surface area contributed by atoms with Crippen LogP contribution in [0.1, 0.15) is 27.9 Å². The van der Waals surface area contributed by atoms with Crippen molar-refractivity contribution in [1.82, 2.24) is 0 Å². The highest BCUT2D eigenvalue weighted by Gasteiger charge is 2.29. The second kappa shape index (κ2) is 8.43. The number of carbonyl (C=O) groups is 1. The van der Waals surface area contributed by atoms with Gasteiger partial charge in [-0.1, -0.05) is 17.7 Å². The van der Waals surface area contributed by atoms with Crippen molar-refractivity contribution in [3.8, 4) is 5.75 Å². The van der Waals surface area contributed by atoms with E-state index in [-0.39, 0.29) is 10.8 Å². The van der Waals surface area contributed by atoms with E-state index in [0.29, 0.717) is 35.7 Å². The van der Waals surface area contributed by atoms with Crippen LogP contribution in [-0.2, 0) is 16.4 Å². The van der Waals surface area contributed by atoms with E-state index in [1.165, 1.54) is 4.31 Å². The minimum atomic E-state index is -3.69. The van der Waals surface area contributed by atoms with Gasteiger partial charge in [0.05, 0.1) is 17.7 Å². The van der Waals surface area contributed by atoms with Crippen LogP contribution >= 0.6 is 0 Å². The fraction of sp³-hybridized carbons (Fsp3) is 0.208. The van der Waals surface area contributed by atoms with Crippen molar-refractivity contribution in [1.29, 1.82) is 0 Å². The number of fused-ring (bicyclic) bond motifs is 1. The van der Waals surface area contributed by atoms with Crippen molar-refractivity contribution >= 4 is 27.3 Å². The van der Waals surface area contributed by atoms with Gasteiger partial charge in [-0.3, -0.25) is 9.10 Å². The summed E-state index contributed by atoms with van der Waals surface area (Å²) in [7, 11) is -2.15. The molecule has 3 aromatic carbocycles. The second-order valence-corrected chi connectivity index (χ2v) is 9.39. The van der Waals surface area contributed by atoms with Gasteiger partial charge >= 0.3 is 0 Å². The summed E-state index contributed by atoms with van der Waals surface area (Å²) in [5.41, 5.74) is 3.79. The molecule has 4 rings (SSSR count). The number of hydrogen-bond acceptors (Lipinski definition) is 4. The largest absolute Gasteiger partial charge is 0.497 e. The number of amides is 1. The molecule has 0 atom stereocenters. The molecule has 0 saturated carbocycles. The van der Waals surface area contributed by atoms with Crippen LogP contribution in [0.2, 0.25) is 0 Å². The second-order valence-electron chi connectivity index (χ2n) is 7.52. The number of nitrogens with one attached hydrogen (secondary N) is 1. The van der Waals surface area contributed by atoms with Crippen LogP contribution in [-0.4, -0.2) is 28.0 Å². The minimum absolute atomic E-state index is 0.192. The molecule has 6 nitrogen and oxygen atoms in total. The Labute approximate surface area is 182 Å². The Bertz CT molecular complexity index is 1220. The number of benzene rings is 3. The Morgan fingerprint density at radius 1 is 1.03 bits per heavy atom. The lowest BCUT2D eigenvalue weighted by atomic mass is 10.0. The monoisotopic (exact) mass is 436 g/mol. The quantitative estimate of drug-likeness (QED) is 0.643. The van der Waals surface area contributed by atoms with Crippen LogP contribution in [0.15, 0.2) is 71.6 Å². The van der Waals surface area contributed by atoms with Crippen molar-refractivity contribution < 1.29 is 17.9 Å². The van der Waals surface area contributed by atoms with E-state index in [1.807, 2.05) is 31.2 Å². The molecule has 1 aliphatic heterocycles. The minimum Gasteiger partial charge on any atom is -0.497 e. The number of aryl methyl sites for hydroxylation is 2. The van der Waals surface area contributed by atoms with Crippen molar-refractivity contribution in [3.63, 3.8) is 0 Å². The predicted molar refractivity (Wildman–Crippen MR) is 121 cm³/mol. The van der Waals surface area contributed by atoms with Gasteiger partial charge in [0, 0.05) is 17.8 Å². The predicted octanol–water partition coefficient (Wildman–Crippen LogP) is 4.40. The lowest BCUT2D eigenvalue weighted by Crippen LogP contribution is -2.35. The Hall–Kier alpha value is -3.32. The van der Waals surface area contributed by atoms with Crippen LogP contribution < -0.4 is 14.4 Å². The van der Waals surface area contributed by atoms with E-state index in [2.05, 4.69) is 5.32 Å². The van der Waals surface area contributed by atoms with Crippen LogP contribution in [0.25, 0.3) is 0 Å². The third kappa shape index (κ3) is 4.27. The lowest BCUT2D eigenvalue weighted by Gasteiger charge is -2.31. The van der Waals surface area contributed by atoms with Gasteiger partial charge in [-0.15, -0.1) is 0 Å². The fourth-order valence-corrected chi connectivity index (χ4v) is 5.30. The standard InChI is InChI=1S/C24H24N2O4S/c1-17-5-3-6-19(15-17)24(27)25-20-8-13-23-18(16-20)7-4-14-26(23)31(28,29)22-11-9-21(30-2)10-12-22/h3,5-6,8-13,15-16H,4,7,14H2,1-2H3,(H,25,27). The van der Waals surface area contributed by atoms with Gasteiger partial charge in [0.2, 0.25) is 0 Å². The molecule has 1 aliphatic rings. The maximum absolute atomic E-state index is 13.2. The summed E-state index contributed by atoms with van der Waals surface area (Å²) in [6.45, 7) is 2.35. The molecule has 0 bridgehead atoms. The number of ether oxygens (including phenoxy) is 1. The van der Waals surface area contributed by atoms with E-state index in [4.69, 9.17) is 4.74 Å². The molecule has 1 heterocycles. The average molecular weight is 437 g/mol. The third-order valence-corrected chi connectivity index (χ3v) is 7.17. The van der Waals surface area contributed by atoms with Gasteiger partial charge in [0.1, 0.15) is 5.75 Å². The highest BCUT2D eigenvalue weighted by Crippen LogP contribution is 2.34. The summed E-state index contributed by atoms with van der Waals surface area (Å²) in [6.07, 6.45) is 1.45. The van der Waals surface area contributed by atoms with E-state index in [9.17, 15) is 13.2 Å². The number of rotatable bonds is 5. The Morgan fingerprint density at radius 2 is 1.81 bits per heavy atom. The van der Waals surface area contributed by atoms with Gasteiger partial charge in [-0.2, -0.15) is 0 Å². The molecule has 31 heavy (non-hydrogen) atoms. The molecule has 7 heteroatoms. The lowest BCUT2D eigenvalue weighted by molar-refractivity contribution is 0.102. The summed E-state index contributed by atoms with van der Waals surface area (Å²) in [4.78, 5) is 12.8. The SMILES string of the molecule is COc1ccc(S(=O)(=O)N2CCCc3cc(NC(=O)c4cccc(C)c4)ccc32)cc1. The van der Waals surface area contributed by atoms with E-state index in [1.54, 1.807) is 49.6 Å². The van der Waals surface area contributed by atoms with Crippen LogP contribution in [0.5, 0.6) is 5.75 Å². The normalized spacial score (nSPS) is 13.4. The maximum Gasteiger partial charge on any atom is 0.264 e. The molecule has 0 saturated heterocycles. The molecule has 0 fully saturated rings. The van der Waals surface area contributed by atoms with Crippen molar-refractivity contribution in [2.45, 2.75) is 24.7 Å². The number of nitrogens with zero attached hydrogens (tertiary/aromatic N) is 1. The Morgan fingerprint density at radius 3 is 2.52 bits per heavy atom. The molecule has 1 amide bonds. The van der Waals surface area contributed by atoms with Crippen LogP contribution in [0.4, 0.5) is 11.4 Å². The van der Waals surface area contributed by atoms with E-state index < -0.39 is 10.0 Å². The number of hydrogen-bond donors (Lipinski definition) is 1. The van der Waals surface area contributed by atoms with Gasteiger partial charge in [-0.05, 0) is 79.9 Å².